The van der Waals surface area contributed by atoms with Crippen LogP contribution in [0.1, 0.15) is 40.5 Å². The molecule has 3 N–H and O–H groups in total. The van der Waals surface area contributed by atoms with Gasteiger partial charge in [-0.2, -0.15) is 0 Å². The summed E-state index contributed by atoms with van der Waals surface area (Å²) in [5.74, 6) is -1.80. The molecular formula is C22H34N4O4. The Balaban J connectivity index is 2.82. The Morgan fingerprint density at radius 3 is 2.30 bits per heavy atom. The Hall–Kier alpha value is -2.90. The highest BCUT2D eigenvalue weighted by Crippen LogP contribution is 2.18. The quantitative estimate of drug-likeness (QED) is 0.432. The van der Waals surface area contributed by atoms with Crippen LogP contribution in [0.2, 0.25) is 0 Å². The van der Waals surface area contributed by atoms with Crippen molar-refractivity contribution in [3.63, 3.8) is 0 Å². The van der Waals surface area contributed by atoms with Crippen molar-refractivity contribution in [2.45, 2.75) is 58.7 Å². The van der Waals surface area contributed by atoms with E-state index in [0.29, 0.717) is 19.4 Å². The van der Waals surface area contributed by atoms with Crippen molar-refractivity contribution in [2.24, 2.45) is 11.7 Å². The predicted octanol–water partition coefficient (Wildman–Crippen LogP) is 1.14. The summed E-state index contributed by atoms with van der Waals surface area (Å²) >= 11 is 0. The van der Waals surface area contributed by atoms with Gasteiger partial charge in [-0.25, -0.2) is 0 Å². The normalized spacial score (nSPS) is 19.0. The minimum Gasteiger partial charge on any atom is -0.368 e. The largest absolute Gasteiger partial charge is 0.368 e. The molecule has 0 bridgehead atoms. The molecule has 0 spiro atoms. The van der Waals surface area contributed by atoms with Crippen LogP contribution < -0.4 is 11.1 Å². The van der Waals surface area contributed by atoms with Gasteiger partial charge in [-0.3, -0.25) is 19.2 Å². The highest BCUT2D eigenvalue weighted by molar-refractivity contribution is 5.96. The molecule has 0 aromatic heterocycles. The van der Waals surface area contributed by atoms with Gasteiger partial charge in [0.2, 0.25) is 23.6 Å². The third kappa shape index (κ3) is 6.86. The first kappa shape index (κ1) is 25.1. The van der Waals surface area contributed by atoms with Crippen LogP contribution in [0.5, 0.6) is 0 Å². The molecule has 0 aromatic carbocycles. The molecule has 1 heterocycles. The van der Waals surface area contributed by atoms with Crippen molar-refractivity contribution in [3.05, 3.63) is 36.5 Å². The van der Waals surface area contributed by atoms with Gasteiger partial charge in [0.25, 0.3) is 0 Å². The molecular weight excluding hydrogens is 384 g/mol. The Morgan fingerprint density at radius 2 is 1.73 bits per heavy atom. The van der Waals surface area contributed by atoms with Gasteiger partial charge in [-0.15, -0.1) is 0 Å². The molecule has 8 heteroatoms. The number of hydrogen-bond donors (Lipinski definition) is 2. The second-order valence-electron chi connectivity index (χ2n) is 7.73. The van der Waals surface area contributed by atoms with Crippen molar-refractivity contribution >= 4 is 23.6 Å². The summed E-state index contributed by atoms with van der Waals surface area (Å²) in [5.41, 5.74) is 5.38. The van der Waals surface area contributed by atoms with E-state index in [0.717, 1.165) is 0 Å². The molecule has 1 fully saturated rings. The monoisotopic (exact) mass is 418 g/mol. The summed E-state index contributed by atoms with van der Waals surface area (Å²) in [6.45, 7) is 7.56. The Labute approximate surface area is 178 Å². The third-order valence-corrected chi connectivity index (χ3v) is 5.02. The highest BCUT2D eigenvalue weighted by Gasteiger charge is 2.36. The second kappa shape index (κ2) is 11.9. The number of nitrogens with zero attached hydrogens (tertiary/aromatic N) is 2. The molecule has 0 radical (unpaired) electrons. The summed E-state index contributed by atoms with van der Waals surface area (Å²) in [6, 6.07) is -2.22. The maximum absolute atomic E-state index is 12.9. The first-order chi connectivity index (χ1) is 14.1. The number of likely N-dealkylation sites (N-methyl/N-ethyl adjacent to an activating group) is 1. The fourth-order valence-electron chi connectivity index (χ4n) is 3.49. The Bertz CT molecular complexity index is 727. The van der Waals surface area contributed by atoms with Crippen LogP contribution in [0, 0.1) is 5.92 Å². The van der Waals surface area contributed by atoms with E-state index in [1.165, 1.54) is 15.9 Å². The summed E-state index contributed by atoms with van der Waals surface area (Å²) in [6.07, 6.45) is 11.4. The summed E-state index contributed by atoms with van der Waals surface area (Å²) < 4.78 is 0. The first-order valence-electron chi connectivity index (χ1n) is 10.2. The van der Waals surface area contributed by atoms with E-state index in [-0.39, 0.29) is 17.7 Å². The Kier molecular flexibility index (Phi) is 10.0. The summed E-state index contributed by atoms with van der Waals surface area (Å²) in [4.78, 5) is 52.4. The van der Waals surface area contributed by atoms with E-state index in [1.54, 1.807) is 32.2 Å². The van der Waals surface area contributed by atoms with Gasteiger partial charge in [0.1, 0.15) is 18.1 Å². The topological polar surface area (TPSA) is 113 Å². The lowest BCUT2D eigenvalue weighted by Crippen LogP contribution is -2.56. The van der Waals surface area contributed by atoms with Crippen molar-refractivity contribution in [3.8, 4) is 0 Å². The molecule has 0 aromatic rings. The molecule has 1 rings (SSSR count). The van der Waals surface area contributed by atoms with E-state index in [4.69, 9.17) is 5.73 Å². The van der Waals surface area contributed by atoms with Gasteiger partial charge in [-0.05, 0) is 32.6 Å². The number of amides is 4. The Morgan fingerprint density at radius 1 is 1.10 bits per heavy atom. The van der Waals surface area contributed by atoms with Crippen LogP contribution >= 0.6 is 0 Å². The number of hydrogen-bond acceptors (Lipinski definition) is 4. The molecule has 3 unspecified atom stereocenters. The molecule has 1 saturated heterocycles. The zero-order valence-electron chi connectivity index (χ0n) is 18.5. The average Bonchev–Trinajstić information content (AvgIpc) is 3.16. The number of rotatable bonds is 9. The summed E-state index contributed by atoms with van der Waals surface area (Å²) in [7, 11) is 1.56. The van der Waals surface area contributed by atoms with Crippen LogP contribution in [-0.4, -0.2) is 65.1 Å². The molecule has 166 valence electrons. The fraction of sp³-hybridized carbons (Fsp3) is 0.545. The SMILES string of the molecule is C/C=C/C=C/C=C/C(=O)N(C)C(C(=O)NC(C)C(=O)N1CCCC1C(N)=O)C(C)C. The minimum absolute atomic E-state index is 0.168. The molecule has 0 aliphatic carbocycles. The highest BCUT2D eigenvalue weighted by atomic mass is 16.2. The predicted molar refractivity (Wildman–Crippen MR) is 116 cm³/mol. The van der Waals surface area contributed by atoms with Gasteiger partial charge >= 0.3 is 0 Å². The zero-order chi connectivity index (χ0) is 22.8. The smallest absolute Gasteiger partial charge is 0.246 e. The minimum atomic E-state index is -0.832. The number of carbonyl (C=O) groups excluding carboxylic acids is 4. The number of allylic oxidation sites excluding steroid dienone is 5. The van der Waals surface area contributed by atoms with Gasteiger partial charge in [0.05, 0.1) is 0 Å². The lowest BCUT2D eigenvalue weighted by Gasteiger charge is -2.31. The van der Waals surface area contributed by atoms with E-state index in [9.17, 15) is 19.2 Å². The van der Waals surface area contributed by atoms with Gasteiger partial charge < -0.3 is 20.9 Å². The van der Waals surface area contributed by atoms with Crippen molar-refractivity contribution in [1.29, 1.82) is 0 Å². The van der Waals surface area contributed by atoms with E-state index < -0.39 is 29.9 Å². The molecule has 3 atom stereocenters. The van der Waals surface area contributed by atoms with E-state index in [1.807, 2.05) is 32.9 Å². The molecule has 0 saturated carbocycles. The van der Waals surface area contributed by atoms with E-state index >= 15 is 0 Å². The van der Waals surface area contributed by atoms with Crippen LogP contribution in [0.3, 0.4) is 0 Å². The summed E-state index contributed by atoms with van der Waals surface area (Å²) in [5, 5.41) is 2.69. The lowest BCUT2D eigenvalue weighted by atomic mass is 10.0. The van der Waals surface area contributed by atoms with Gasteiger partial charge in [-0.1, -0.05) is 44.2 Å². The van der Waals surface area contributed by atoms with Crippen molar-refractivity contribution in [2.75, 3.05) is 13.6 Å². The third-order valence-electron chi connectivity index (χ3n) is 5.02. The van der Waals surface area contributed by atoms with E-state index in [2.05, 4.69) is 5.32 Å². The van der Waals surface area contributed by atoms with Crippen LogP contribution in [-0.2, 0) is 19.2 Å². The van der Waals surface area contributed by atoms with Crippen LogP contribution in [0.25, 0.3) is 0 Å². The molecule has 1 aliphatic rings. The number of primary amides is 1. The molecule has 8 nitrogen and oxygen atoms in total. The first-order valence-corrected chi connectivity index (χ1v) is 10.2. The van der Waals surface area contributed by atoms with Crippen molar-refractivity contribution in [1.82, 2.24) is 15.1 Å². The standard InChI is InChI=1S/C22H34N4O4/c1-6-7-8-9-10-13-18(27)25(5)19(15(2)3)21(29)24-16(4)22(30)26-14-11-12-17(26)20(23)28/h6-10,13,15-17,19H,11-12,14H2,1-5H3,(H2,23,28)(H,24,29)/b7-6+,9-8+,13-10+. The van der Waals surface area contributed by atoms with Gasteiger partial charge in [0.15, 0.2) is 0 Å². The number of likely N-dealkylation sites (tertiary alicyclic amines) is 1. The maximum atomic E-state index is 12.9. The molecule has 1 aliphatic heterocycles. The molecule has 4 amide bonds. The number of nitrogens with one attached hydrogen (secondary N) is 1. The van der Waals surface area contributed by atoms with Crippen LogP contribution in [0.4, 0.5) is 0 Å². The number of carbonyl (C=O) groups is 4. The van der Waals surface area contributed by atoms with Gasteiger partial charge in [0, 0.05) is 19.7 Å². The average molecular weight is 419 g/mol. The van der Waals surface area contributed by atoms with Crippen molar-refractivity contribution < 1.29 is 19.2 Å². The second-order valence-corrected chi connectivity index (χ2v) is 7.73. The fourth-order valence-corrected chi connectivity index (χ4v) is 3.49. The molecule has 30 heavy (non-hydrogen) atoms. The van der Waals surface area contributed by atoms with Crippen LogP contribution in [0.15, 0.2) is 36.5 Å². The lowest BCUT2D eigenvalue weighted by molar-refractivity contribution is -0.142. The maximum Gasteiger partial charge on any atom is 0.246 e. The zero-order valence-corrected chi connectivity index (χ0v) is 18.5. The number of nitrogens with two attached hydrogens (primary N) is 1.